The fraction of sp³-hybridized carbons (Fsp3) is 0.833. The summed E-state index contributed by atoms with van der Waals surface area (Å²) in [4.78, 5) is 25.1. The number of likely N-dealkylation sites (N-methyl/N-ethyl adjacent to an activating group) is 1. The summed E-state index contributed by atoms with van der Waals surface area (Å²) >= 11 is 0. The van der Waals surface area contributed by atoms with Crippen molar-refractivity contribution in [3.8, 4) is 0 Å². The molecule has 0 aromatic carbocycles. The molecule has 0 fully saturated rings. The van der Waals surface area contributed by atoms with E-state index in [4.69, 9.17) is 9.47 Å². The number of carbonyl (C=O) groups excluding carboxylic acids is 2. The van der Waals surface area contributed by atoms with Crippen LogP contribution in [-0.2, 0) is 19.1 Å². The Balaban J connectivity index is 4.59. The van der Waals surface area contributed by atoms with Crippen molar-refractivity contribution in [2.45, 2.75) is 40.2 Å². The van der Waals surface area contributed by atoms with Gasteiger partial charge in [-0.15, -0.1) is 0 Å². The second-order valence-electron chi connectivity index (χ2n) is 3.50. The second-order valence-corrected chi connectivity index (χ2v) is 3.50. The van der Waals surface area contributed by atoms with E-state index in [2.05, 4.69) is 0 Å². The van der Waals surface area contributed by atoms with Gasteiger partial charge in [0.15, 0.2) is 0 Å². The molecule has 0 spiro atoms. The predicted molar refractivity (Wildman–Crippen MR) is 64.6 cm³/mol. The van der Waals surface area contributed by atoms with Crippen molar-refractivity contribution in [1.82, 2.24) is 4.90 Å². The molecular weight excluding hydrogens is 222 g/mol. The van der Waals surface area contributed by atoms with Gasteiger partial charge in [0.05, 0.1) is 19.6 Å². The summed E-state index contributed by atoms with van der Waals surface area (Å²) in [6.45, 7) is 9.42. The fourth-order valence-corrected chi connectivity index (χ4v) is 1.64. The summed E-state index contributed by atoms with van der Waals surface area (Å²) in [6.07, 6.45) is 0.0500. The van der Waals surface area contributed by atoms with Crippen LogP contribution in [-0.4, -0.2) is 49.2 Å². The lowest BCUT2D eigenvalue weighted by molar-refractivity contribution is -0.156. The molecule has 1 unspecified atom stereocenters. The number of rotatable bonds is 8. The third kappa shape index (κ3) is 5.68. The van der Waals surface area contributed by atoms with Crippen LogP contribution in [0.2, 0.25) is 0 Å². The first-order valence-corrected chi connectivity index (χ1v) is 6.16. The number of esters is 2. The number of nitrogens with zero attached hydrogens (tertiary/aromatic N) is 1. The van der Waals surface area contributed by atoms with Crippen LogP contribution < -0.4 is 0 Å². The molecule has 5 nitrogen and oxygen atoms in total. The minimum absolute atomic E-state index is 0.0500. The van der Waals surface area contributed by atoms with Crippen LogP contribution >= 0.6 is 0 Å². The van der Waals surface area contributed by atoms with Gasteiger partial charge in [-0.05, 0) is 26.9 Å². The monoisotopic (exact) mass is 245 g/mol. The van der Waals surface area contributed by atoms with Gasteiger partial charge in [-0.2, -0.15) is 0 Å². The van der Waals surface area contributed by atoms with Crippen LogP contribution in [0.1, 0.15) is 34.1 Å². The van der Waals surface area contributed by atoms with E-state index in [1.165, 1.54) is 0 Å². The number of carbonyl (C=O) groups is 2. The highest BCUT2D eigenvalue weighted by Crippen LogP contribution is 2.08. The molecule has 0 rings (SSSR count). The zero-order valence-corrected chi connectivity index (χ0v) is 11.2. The maximum Gasteiger partial charge on any atom is 0.323 e. The molecule has 0 radical (unpaired) electrons. The van der Waals surface area contributed by atoms with E-state index in [0.717, 1.165) is 0 Å². The minimum Gasteiger partial charge on any atom is -0.466 e. The van der Waals surface area contributed by atoms with Crippen LogP contribution in [0.15, 0.2) is 0 Å². The Kier molecular flexibility index (Phi) is 8.40. The molecule has 1 atom stereocenters. The quantitative estimate of drug-likeness (QED) is 0.602. The largest absolute Gasteiger partial charge is 0.466 e. The predicted octanol–water partition coefficient (Wildman–Crippen LogP) is 1.21. The molecule has 0 aliphatic rings. The summed E-state index contributed by atoms with van der Waals surface area (Å²) in [5, 5.41) is 0. The van der Waals surface area contributed by atoms with Gasteiger partial charge in [0.1, 0.15) is 6.04 Å². The smallest absolute Gasteiger partial charge is 0.323 e. The lowest BCUT2D eigenvalue weighted by Crippen LogP contribution is -2.43. The van der Waals surface area contributed by atoms with Gasteiger partial charge in [0, 0.05) is 0 Å². The normalized spacial score (nSPS) is 12.3. The molecule has 17 heavy (non-hydrogen) atoms. The van der Waals surface area contributed by atoms with Crippen molar-refractivity contribution in [2.24, 2.45) is 0 Å². The molecule has 0 amide bonds. The molecule has 0 aromatic heterocycles. The standard InChI is InChI=1S/C12H23NO4/c1-5-13(6-2)10(12(15)17-8-4)9-11(14)16-7-3/h10H,5-9H2,1-4H3. The van der Waals surface area contributed by atoms with Gasteiger partial charge < -0.3 is 9.47 Å². The Morgan fingerprint density at radius 1 is 1.00 bits per heavy atom. The topological polar surface area (TPSA) is 55.8 Å². The molecule has 0 saturated carbocycles. The summed E-state index contributed by atoms with van der Waals surface area (Å²) in [6, 6.07) is -0.538. The Bertz CT molecular complexity index is 239. The summed E-state index contributed by atoms with van der Waals surface area (Å²) in [5.74, 6) is -0.721. The second kappa shape index (κ2) is 8.98. The maximum absolute atomic E-state index is 11.8. The molecule has 100 valence electrons. The Morgan fingerprint density at radius 3 is 1.94 bits per heavy atom. The fourth-order valence-electron chi connectivity index (χ4n) is 1.64. The lowest BCUT2D eigenvalue weighted by atomic mass is 10.1. The van der Waals surface area contributed by atoms with E-state index in [9.17, 15) is 9.59 Å². The molecule has 0 aliphatic carbocycles. The average molecular weight is 245 g/mol. The number of ether oxygens (including phenoxy) is 2. The van der Waals surface area contributed by atoms with E-state index < -0.39 is 6.04 Å². The van der Waals surface area contributed by atoms with E-state index in [0.29, 0.717) is 26.3 Å². The molecule has 0 aliphatic heterocycles. The molecule has 0 saturated heterocycles. The Hall–Kier alpha value is -1.10. The highest BCUT2D eigenvalue weighted by molar-refractivity contribution is 5.82. The third-order valence-electron chi connectivity index (χ3n) is 2.48. The van der Waals surface area contributed by atoms with Gasteiger partial charge in [-0.3, -0.25) is 14.5 Å². The molecule has 0 N–H and O–H groups in total. The van der Waals surface area contributed by atoms with Gasteiger partial charge in [-0.1, -0.05) is 13.8 Å². The van der Waals surface area contributed by atoms with E-state index in [-0.39, 0.29) is 18.4 Å². The summed E-state index contributed by atoms with van der Waals surface area (Å²) in [7, 11) is 0. The molecule has 0 bridgehead atoms. The molecule has 0 heterocycles. The van der Waals surface area contributed by atoms with E-state index in [1.54, 1.807) is 13.8 Å². The van der Waals surface area contributed by atoms with Crippen molar-refractivity contribution < 1.29 is 19.1 Å². The molecule has 5 heteroatoms. The SMILES string of the molecule is CCOC(=O)CC(C(=O)OCC)N(CC)CC. The van der Waals surface area contributed by atoms with Crippen LogP contribution in [0.3, 0.4) is 0 Å². The van der Waals surface area contributed by atoms with Gasteiger partial charge in [-0.25, -0.2) is 0 Å². The van der Waals surface area contributed by atoms with Gasteiger partial charge in [0.2, 0.25) is 0 Å². The first-order valence-electron chi connectivity index (χ1n) is 6.16. The molecule has 0 aromatic rings. The van der Waals surface area contributed by atoms with E-state index >= 15 is 0 Å². The third-order valence-corrected chi connectivity index (χ3v) is 2.48. The summed E-state index contributed by atoms with van der Waals surface area (Å²) in [5.41, 5.74) is 0. The first-order chi connectivity index (χ1) is 8.10. The van der Waals surface area contributed by atoms with Crippen molar-refractivity contribution >= 4 is 11.9 Å². The van der Waals surface area contributed by atoms with Crippen LogP contribution in [0.4, 0.5) is 0 Å². The minimum atomic E-state index is -0.538. The van der Waals surface area contributed by atoms with Gasteiger partial charge in [0.25, 0.3) is 0 Å². The zero-order valence-electron chi connectivity index (χ0n) is 11.2. The maximum atomic E-state index is 11.8. The number of hydrogen-bond donors (Lipinski definition) is 0. The zero-order chi connectivity index (χ0) is 13.3. The lowest BCUT2D eigenvalue weighted by Gasteiger charge is -2.26. The van der Waals surface area contributed by atoms with E-state index in [1.807, 2.05) is 18.7 Å². The van der Waals surface area contributed by atoms with Crippen LogP contribution in [0.25, 0.3) is 0 Å². The van der Waals surface area contributed by atoms with Gasteiger partial charge >= 0.3 is 11.9 Å². The highest BCUT2D eigenvalue weighted by Gasteiger charge is 2.28. The first kappa shape index (κ1) is 15.9. The van der Waals surface area contributed by atoms with Crippen molar-refractivity contribution in [3.05, 3.63) is 0 Å². The average Bonchev–Trinajstić information content (AvgIpc) is 2.30. The van der Waals surface area contributed by atoms with Crippen molar-refractivity contribution in [3.63, 3.8) is 0 Å². The highest BCUT2D eigenvalue weighted by atomic mass is 16.5. The van der Waals surface area contributed by atoms with Crippen molar-refractivity contribution in [2.75, 3.05) is 26.3 Å². The Morgan fingerprint density at radius 2 is 1.53 bits per heavy atom. The Labute approximate surface area is 103 Å². The van der Waals surface area contributed by atoms with Crippen molar-refractivity contribution in [1.29, 1.82) is 0 Å². The molecular formula is C12H23NO4. The summed E-state index contributed by atoms with van der Waals surface area (Å²) < 4.78 is 9.85. The van der Waals surface area contributed by atoms with Crippen LogP contribution in [0, 0.1) is 0 Å². The van der Waals surface area contributed by atoms with Crippen LogP contribution in [0.5, 0.6) is 0 Å². The number of hydrogen-bond acceptors (Lipinski definition) is 5.